The molecular weight excluding hydrogens is 256 g/mol. The first-order valence-corrected chi connectivity index (χ1v) is 7.18. The number of aromatic nitrogens is 1. The van der Waals surface area contributed by atoms with E-state index in [0.717, 1.165) is 39.2 Å². The summed E-state index contributed by atoms with van der Waals surface area (Å²) < 4.78 is 1.91. The number of nitrogens with two attached hydrogens (primary N) is 1. The number of carboxylic acid groups (broad SMARTS) is 1. The number of anilines is 1. The second-order valence-electron chi connectivity index (χ2n) is 5.11. The minimum atomic E-state index is -0.833. The van der Waals surface area contributed by atoms with Crippen LogP contribution in [0.25, 0.3) is 0 Å². The quantitative estimate of drug-likeness (QED) is 0.888. The summed E-state index contributed by atoms with van der Waals surface area (Å²) in [5, 5.41) is 7.42. The number of hydrogen-bond acceptors (Lipinski definition) is 3. The molecule has 1 heterocycles. The van der Waals surface area contributed by atoms with Gasteiger partial charge in [0.25, 0.3) is 11.5 Å². The normalized spacial score (nSPS) is 13.1. The van der Waals surface area contributed by atoms with Crippen LogP contribution in [0.1, 0.15) is 50.8 Å². The molecule has 112 valence electrons. The zero-order chi connectivity index (χ0) is 15.1. The Morgan fingerprint density at radius 1 is 1.40 bits per heavy atom. The number of nitrogen functional groups attached to an aromatic ring is 1. The molecule has 0 spiro atoms. The van der Waals surface area contributed by atoms with Crippen LogP contribution in [-0.4, -0.2) is 15.6 Å². The van der Waals surface area contributed by atoms with Crippen LogP contribution < -0.4 is 11.3 Å². The fourth-order valence-electron chi connectivity index (χ4n) is 2.46. The molecule has 1 aromatic rings. The van der Waals surface area contributed by atoms with Crippen molar-refractivity contribution in [3.8, 4) is 0 Å². The molecule has 0 amide bonds. The highest BCUT2D eigenvalue weighted by atomic mass is 16.4. The summed E-state index contributed by atoms with van der Waals surface area (Å²) >= 11 is 0. The highest BCUT2D eigenvalue weighted by molar-refractivity contribution is 5.62. The van der Waals surface area contributed by atoms with Crippen molar-refractivity contribution in [2.75, 3.05) is 5.73 Å². The standard InChI is InChI=1S/C13H20N2O.C2H4O2/c1-2-3-8-15-12-7-5-4-6-10(12)9-11(14)13(15)16;1-2(3)4/h9H,2-8,14H2,1H3;1H3,(H,3,4). The monoisotopic (exact) mass is 280 g/mol. The van der Waals surface area contributed by atoms with Gasteiger partial charge in [0, 0.05) is 19.2 Å². The van der Waals surface area contributed by atoms with Crippen LogP contribution in [-0.2, 0) is 24.2 Å². The van der Waals surface area contributed by atoms with Gasteiger partial charge in [0.15, 0.2) is 0 Å². The number of nitrogens with zero attached hydrogens (tertiary/aromatic N) is 1. The van der Waals surface area contributed by atoms with Gasteiger partial charge < -0.3 is 15.4 Å². The molecule has 0 aliphatic heterocycles. The molecule has 0 saturated carbocycles. The lowest BCUT2D eigenvalue weighted by Crippen LogP contribution is -2.28. The van der Waals surface area contributed by atoms with E-state index in [1.807, 2.05) is 10.6 Å². The first-order chi connectivity index (χ1) is 9.47. The van der Waals surface area contributed by atoms with Gasteiger partial charge in [-0.2, -0.15) is 0 Å². The first kappa shape index (κ1) is 16.3. The Balaban J connectivity index is 0.000000444. The second-order valence-corrected chi connectivity index (χ2v) is 5.11. The lowest BCUT2D eigenvalue weighted by atomic mass is 9.95. The molecule has 0 fully saturated rings. The van der Waals surface area contributed by atoms with Crippen LogP contribution in [0.15, 0.2) is 10.9 Å². The van der Waals surface area contributed by atoms with E-state index in [2.05, 4.69) is 6.92 Å². The van der Waals surface area contributed by atoms with Crippen molar-refractivity contribution in [2.24, 2.45) is 0 Å². The lowest BCUT2D eigenvalue weighted by Gasteiger charge is -2.21. The van der Waals surface area contributed by atoms with Gasteiger partial charge in [-0.3, -0.25) is 9.59 Å². The highest BCUT2D eigenvalue weighted by Crippen LogP contribution is 2.21. The molecular formula is C15H24N2O3. The second kappa shape index (κ2) is 7.72. The minimum absolute atomic E-state index is 0.00843. The molecule has 0 atom stereocenters. The molecule has 0 radical (unpaired) electrons. The van der Waals surface area contributed by atoms with E-state index >= 15 is 0 Å². The number of hydrogen-bond donors (Lipinski definition) is 2. The van der Waals surface area contributed by atoms with Crippen LogP contribution in [0.3, 0.4) is 0 Å². The molecule has 0 unspecified atom stereocenters. The molecule has 5 nitrogen and oxygen atoms in total. The van der Waals surface area contributed by atoms with E-state index in [-0.39, 0.29) is 5.56 Å². The van der Waals surface area contributed by atoms with E-state index in [1.54, 1.807) is 0 Å². The SMILES string of the molecule is CC(=O)O.CCCCn1c2c(cc(N)c1=O)CCCC2. The van der Waals surface area contributed by atoms with Gasteiger partial charge in [0.05, 0.1) is 5.69 Å². The molecule has 5 heteroatoms. The van der Waals surface area contributed by atoms with Gasteiger partial charge in [-0.25, -0.2) is 0 Å². The van der Waals surface area contributed by atoms with Crippen molar-refractivity contribution in [1.29, 1.82) is 0 Å². The average molecular weight is 280 g/mol. The van der Waals surface area contributed by atoms with E-state index in [0.29, 0.717) is 5.69 Å². The summed E-state index contributed by atoms with van der Waals surface area (Å²) in [7, 11) is 0. The molecule has 3 N–H and O–H groups in total. The summed E-state index contributed by atoms with van der Waals surface area (Å²) in [5.74, 6) is -0.833. The molecule has 20 heavy (non-hydrogen) atoms. The molecule has 2 rings (SSSR count). The van der Waals surface area contributed by atoms with Crippen LogP contribution in [0.4, 0.5) is 5.69 Å². The molecule has 0 saturated heterocycles. The van der Waals surface area contributed by atoms with E-state index in [9.17, 15) is 4.79 Å². The third-order valence-electron chi connectivity index (χ3n) is 3.36. The summed E-state index contributed by atoms with van der Waals surface area (Å²) in [6, 6.07) is 1.89. The van der Waals surface area contributed by atoms with Gasteiger partial charge in [-0.05, 0) is 43.7 Å². The van der Waals surface area contributed by atoms with Crippen LogP contribution in [0.2, 0.25) is 0 Å². The molecule has 1 aliphatic rings. The predicted molar refractivity (Wildman–Crippen MR) is 80.0 cm³/mol. The molecule has 0 bridgehead atoms. The summed E-state index contributed by atoms with van der Waals surface area (Å²) in [5.41, 5.74) is 8.73. The predicted octanol–water partition coefficient (Wildman–Crippen LogP) is 2.20. The third kappa shape index (κ3) is 4.40. The van der Waals surface area contributed by atoms with Crippen molar-refractivity contribution in [2.45, 2.75) is 58.9 Å². The Morgan fingerprint density at radius 3 is 2.60 bits per heavy atom. The van der Waals surface area contributed by atoms with Crippen molar-refractivity contribution in [3.05, 3.63) is 27.7 Å². The van der Waals surface area contributed by atoms with Crippen LogP contribution in [0.5, 0.6) is 0 Å². The lowest BCUT2D eigenvalue weighted by molar-refractivity contribution is -0.134. The summed E-state index contributed by atoms with van der Waals surface area (Å²) in [6.45, 7) is 4.05. The Bertz CT molecular complexity index is 517. The van der Waals surface area contributed by atoms with E-state index < -0.39 is 5.97 Å². The fraction of sp³-hybridized carbons (Fsp3) is 0.600. The fourth-order valence-corrected chi connectivity index (χ4v) is 2.46. The van der Waals surface area contributed by atoms with Crippen molar-refractivity contribution in [3.63, 3.8) is 0 Å². The van der Waals surface area contributed by atoms with E-state index in [1.165, 1.54) is 24.1 Å². The van der Waals surface area contributed by atoms with Crippen molar-refractivity contribution >= 4 is 11.7 Å². The van der Waals surface area contributed by atoms with Gasteiger partial charge in [-0.1, -0.05) is 13.3 Å². The zero-order valence-corrected chi connectivity index (χ0v) is 12.3. The van der Waals surface area contributed by atoms with Gasteiger partial charge in [-0.15, -0.1) is 0 Å². The molecule has 1 aliphatic carbocycles. The Labute approximate surface area is 119 Å². The Morgan fingerprint density at radius 2 is 2.00 bits per heavy atom. The van der Waals surface area contributed by atoms with Gasteiger partial charge >= 0.3 is 0 Å². The third-order valence-corrected chi connectivity index (χ3v) is 3.36. The molecule has 0 aromatic carbocycles. The minimum Gasteiger partial charge on any atom is -0.481 e. The number of pyridine rings is 1. The Kier molecular flexibility index (Phi) is 6.28. The largest absolute Gasteiger partial charge is 0.481 e. The number of unbranched alkanes of at least 4 members (excludes halogenated alkanes) is 1. The average Bonchev–Trinajstić information content (AvgIpc) is 2.39. The van der Waals surface area contributed by atoms with Crippen LogP contribution in [0, 0.1) is 0 Å². The number of carboxylic acids is 1. The summed E-state index contributed by atoms with van der Waals surface area (Å²) in [4.78, 5) is 21.0. The van der Waals surface area contributed by atoms with E-state index in [4.69, 9.17) is 15.6 Å². The topological polar surface area (TPSA) is 85.3 Å². The number of aryl methyl sites for hydroxylation is 1. The maximum Gasteiger partial charge on any atom is 0.300 e. The molecule has 1 aromatic heterocycles. The van der Waals surface area contributed by atoms with Crippen molar-refractivity contribution in [1.82, 2.24) is 4.57 Å². The number of aliphatic carboxylic acids is 1. The van der Waals surface area contributed by atoms with Crippen molar-refractivity contribution < 1.29 is 9.90 Å². The number of fused-ring (bicyclic) bond motifs is 1. The van der Waals surface area contributed by atoms with Gasteiger partial charge in [0.2, 0.25) is 0 Å². The Hall–Kier alpha value is -1.78. The maximum atomic E-state index is 12.0. The highest BCUT2D eigenvalue weighted by Gasteiger charge is 2.15. The zero-order valence-electron chi connectivity index (χ0n) is 12.3. The van der Waals surface area contributed by atoms with Crippen LogP contribution >= 0.6 is 0 Å². The first-order valence-electron chi connectivity index (χ1n) is 7.18. The number of carbonyl (C=O) groups is 1. The smallest absolute Gasteiger partial charge is 0.300 e. The number of rotatable bonds is 3. The summed E-state index contributed by atoms with van der Waals surface area (Å²) in [6.07, 6.45) is 6.69. The van der Waals surface area contributed by atoms with Gasteiger partial charge in [0.1, 0.15) is 0 Å². The maximum absolute atomic E-state index is 12.0.